The number of aromatic amines is 1. The van der Waals surface area contributed by atoms with Crippen LogP contribution in [0.5, 0.6) is 0 Å². The number of H-pyrrole nitrogens is 1. The number of aromatic nitrogens is 3. The molecule has 2 aromatic carbocycles. The number of fused-ring (bicyclic) bond motifs is 1. The van der Waals surface area contributed by atoms with Gasteiger partial charge in [-0.1, -0.05) is 29.8 Å². The first-order valence-corrected chi connectivity index (χ1v) is 12.0. The molecule has 10 heteroatoms. The Labute approximate surface area is 211 Å². The Kier molecular flexibility index (Phi) is 5.37. The third-order valence-corrected chi connectivity index (χ3v) is 7.36. The van der Waals surface area contributed by atoms with Crippen LogP contribution in [-0.2, 0) is 4.79 Å². The van der Waals surface area contributed by atoms with Crippen LogP contribution in [0.1, 0.15) is 23.2 Å². The first-order valence-electron chi connectivity index (χ1n) is 11.6. The highest BCUT2D eigenvalue weighted by Gasteiger charge is 2.55. The minimum Gasteiger partial charge on any atom is -0.338 e. The lowest BCUT2D eigenvalue weighted by Gasteiger charge is -2.43. The summed E-state index contributed by atoms with van der Waals surface area (Å²) in [5.41, 5.74) is 1.27. The summed E-state index contributed by atoms with van der Waals surface area (Å²) in [4.78, 5) is 36.7. The molecule has 0 bridgehead atoms. The highest BCUT2D eigenvalue weighted by atomic mass is 35.5. The van der Waals surface area contributed by atoms with Gasteiger partial charge in [-0.05, 0) is 49.2 Å². The molecule has 2 fully saturated rings. The molecule has 2 saturated heterocycles. The average Bonchev–Trinajstić information content (AvgIpc) is 3.47. The largest absolute Gasteiger partial charge is 0.338 e. The third-order valence-electron chi connectivity index (χ3n) is 7.13. The topological polar surface area (TPSA) is 85.4 Å². The summed E-state index contributed by atoms with van der Waals surface area (Å²) in [5, 5.41) is 7.77. The second-order valence-electron chi connectivity index (χ2n) is 9.09. The molecule has 0 radical (unpaired) electrons. The predicted octanol–water partition coefficient (Wildman–Crippen LogP) is 4.24. The molecule has 2 aliphatic heterocycles. The van der Waals surface area contributed by atoms with Crippen molar-refractivity contribution in [3.8, 4) is 0 Å². The highest BCUT2D eigenvalue weighted by molar-refractivity contribution is 6.30. The van der Waals surface area contributed by atoms with Gasteiger partial charge < -0.3 is 9.80 Å². The quantitative estimate of drug-likeness (QED) is 0.451. The number of carbonyl (C=O) groups is 2. The van der Waals surface area contributed by atoms with E-state index in [-0.39, 0.29) is 29.2 Å². The molecule has 2 aliphatic rings. The summed E-state index contributed by atoms with van der Waals surface area (Å²) in [6, 6.07) is 15.7. The molecule has 6 rings (SSSR count). The molecule has 1 spiro atoms. The van der Waals surface area contributed by atoms with Crippen molar-refractivity contribution in [2.24, 2.45) is 0 Å². The molecule has 8 nitrogen and oxygen atoms in total. The molecule has 4 aromatic rings. The number of pyridine rings is 1. The first-order chi connectivity index (χ1) is 17.5. The molecular weight excluding hydrogens is 483 g/mol. The standard InChI is InChI=1S/C26H22ClFN6O2/c27-19-6-7-22(21(28)13-19)33-16-34(20-4-2-1-3-5-20)26(25(33)36)8-10-32(11-9-26)24(35)18-12-17-15-30-31-23(17)29-14-18/h1-7,12-15H,8-11,16H2,(H,29,30,31). The first kappa shape index (κ1) is 22.5. The fraction of sp³-hybridized carbons (Fsp3) is 0.231. The van der Waals surface area contributed by atoms with E-state index >= 15 is 0 Å². The van der Waals surface area contributed by atoms with Gasteiger partial charge in [0, 0.05) is 35.4 Å². The number of hydrogen-bond donors (Lipinski definition) is 1. The Morgan fingerprint density at radius 3 is 2.58 bits per heavy atom. The number of carbonyl (C=O) groups excluding carboxylic acids is 2. The third kappa shape index (κ3) is 3.58. The van der Waals surface area contributed by atoms with Crippen molar-refractivity contribution in [1.82, 2.24) is 20.1 Å². The Balaban J connectivity index is 1.30. The second-order valence-corrected chi connectivity index (χ2v) is 9.53. The van der Waals surface area contributed by atoms with Crippen molar-refractivity contribution in [3.05, 3.63) is 83.4 Å². The molecule has 182 valence electrons. The van der Waals surface area contributed by atoms with Crippen LogP contribution < -0.4 is 9.80 Å². The van der Waals surface area contributed by atoms with E-state index in [4.69, 9.17) is 11.6 Å². The number of rotatable bonds is 3. The van der Waals surface area contributed by atoms with Crippen LogP contribution in [-0.4, -0.2) is 57.2 Å². The molecule has 4 heterocycles. The predicted molar refractivity (Wildman–Crippen MR) is 134 cm³/mol. The number of nitrogens with zero attached hydrogens (tertiary/aromatic N) is 5. The van der Waals surface area contributed by atoms with Gasteiger partial charge in [-0.15, -0.1) is 0 Å². The molecule has 0 aliphatic carbocycles. The number of likely N-dealkylation sites (tertiary alicyclic amines) is 1. The van der Waals surface area contributed by atoms with Gasteiger partial charge in [-0.3, -0.25) is 19.6 Å². The Bertz CT molecular complexity index is 1470. The van der Waals surface area contributed by atoms with Gasteiger partial charge >= 0.3 is 0 Å². The lowest BCUT2D eigenvalue weighted by Crippen LogP contribution is -2.57. The van der Waals surface area contributed by atoms with Gasteiger partial charge in [0.2, 0.25) is 0 Å². The number of para-hydroxylation sites is 1. The van der Waals surface area contributed by atoms with Gasteiger partial charge in [-0.2, -0.15) is 5.10 Å². The van der Waals surface area contributed by atoms with Crippen LogP contribution in [0.15, 0.2) is 67.0 Å². The normalized spacial score (nSPS) is 17.4. The number of nitrogens with one attached hydrogen (secondary N) is 1. The number of anilines is 2. The van der Waals surface area contributed by atoms with E-state index in [9.17, 15) is 14.0 Å². The van der Waals surface area contributed by atoms with Crippen LogP contribution in [0.25, 0.3) is 11.0 Å². The number of hydrogen-bond acceptors (Lipinski definition) is 5. The maximum atomic E-state index is 14.8. The van der Waals surface area contributed by atoms with Crippen molar-refractivity contribution in [3.63, 3.8) is 0 Å². The van der Waals surface area contributed by atoms with Crippen LogP contribution in [0.4, 0.5) is 15.8 Å². The molecule has 36 heavy (non-hydrogen) atoms. The van der Waals surface area contributed by atoms with Crippen molar-refractivity contribution in [2.75, 3.05) is 29.6 Å². The fourth-order valence-electron chi connectivity index (χ4n) is 5.23. The molecule has 1 N–H and O–H groups in total. The number of amides is 2. The van der Waals surface area contributed by atoms with Gasteiger partial charge in [0.1, 0.15) is 11.4 Å². The monoisotopic (exact) mass is 504 g/mol. The highest BCUT2D eigenvalue weighted by Crippen LogP contribution is 2.42. The van der Waals surface area contributed by atoms with Crippen molar-refractivity contribution in [1.29, 1.82) is 0 Å². The molecular formula is C26H22ClFN6O2. The Hall–Kier alpha value is -3.98. The van der Waals surface area contributed by atoms with E-state index in [1.165, 1.54) is 23.2 Å². The summed E-state index contributed by atoms with van der Waals surface area (Å²) >= 11 is 5.95. The summed E-state index contributed by atoms with van der Waals surface area (Å²) in [6.45, 7) is 0.971. The van der Waals surface area contributed by atoms with Crippen LogP contribution in [0.2, 0.25) is 5.02 Å². The minimum absolute atomic E-state index is 0.141. The van der Waals surface area contributed by atoms with E-state index in [1.807, 2.05) is 35.2 Å². The molecule has 0 unspecified atom stereocenters. The van der Waals surface area contributed by atoms with E-state index in [1.54, 1.807) is 23.2 Å². The molecule has 2 amide bonds. The van der Waals surface area contributed by atoms with Crippen LogP contribution >= 0.6 is 11.6 Å². The summed E-state index contributed by atoms with van der Waals surface area (Å²) in [6.07, 6.45) is 4.00. The zero-order chi connectivity index (χ0) is 24.9. The van der Waals surface area contributed by atoms with E-state index in [2.05, 4.69) is 15.2 Å². The summed E-state index contributed by atoms with van der Waals surface area (Å²) in [5.74, 6) is -0.866. The smallest absolute Gasteiger partial charge is 0.255 e. The van der Waals surface area contributed by atoms with E-state index in [0.717, 1.165) is 11.1 Å². The lowest BCUT2D eigenvalue weighted by molar-refractivity contribution is -0.122. The maximum Gasteiger partial charge on any atom is 0.255 e. The van der Waals surface area contributed by atoms with Gasteiger partial charge in [-0.25, -0.2) is 9.37 Å². The van der Waals surface area contributed by atoms with Gasteiger partial charge in [0.05, 0.1) is 24.1 Å². The molecule has 0 saturated carbocycles. The average molecular weight is 505 g/mol. The molecule has 0 atom stereocenters. The Morgan fingerprint density at radius 2 is 1.83 bits per heavy atom. The lowest BCUT2D eigenvalue weighted by atomic mass is 9.85. The zero-order valence-corrected chi connectivity index (χ0v) is 20.0. The van der Waals surface area contributed by atoms with Crippen molar-refractivity contribution >= 4 is 45.8 Å². The number of halogens is 2. The van der Waals surface area contributed by atoms with E-state index in [0.29, 0.717) is 37.1 Å². The Morgan fingerprint density at radius 1 is 1.06 bits per heavy atom. The SMILES string of the molecule is O=C(c1cnc2[nH]ncc2c1)N1CCC2(CC1)C(=O)N(c1ccc(Cl)cc1F)CN2c1ccccc1. The van der Waals surface area contributed by atoms with Crippen LogP contribution in [0, 0.1) is 5.82 Å². The number of benzene rings is 2. The zero-order valence-electron chi connectivity index (χ0n) is 19.2. The fourth-order valence-corrected chi connectivity index (χ4v) is 5.39. The van der Waals surface area contributed by atoms with Crippen LogP contribution in [0.3, 0.4) is 0 Å². The maximum absolute atomic E-state index is 14.8. The number of piperidine rings is 1. The van der Waals surface area contributed by atoms with Gasteiger partial charge in [0.25, 0.3) is 11.8 Å². The second kappa shape index (κ2) is 8.60. The summed E-state index contributed by atoms with van der Waals surface area (Å²) in [7, 11) is 0. The van der Waals surface area contributed by atoms with Crippen molar-refractivity contribution < 1.29 is 14.0 Å². The molecule has 2 aromatic heterocycles. The van der Waals surface area contributed by atoms with Crippen molar-refractivity contribution in [2.45, 2.75) is 18.4 Å². The van der Waals surface area contributed by atoms with E-state index < -0.39 is 11.4 Å². The minimum atomic E-state index is -0.892. The van der Waals surface area contributed by atoms with Gasteiger partial charge in [0.15, 0.2) is 5.65 Å². The summed E-state index contributed by atoms with van der Waals surface area (Å²) < 4.78 is 14.8.